The van der Waals surface area contributed by atoms with Crippen LogP contribution in [0.25, 0.3) is 0 Å². The molecule has 0 aliphatic rings. The van der Waals surface area contributed by atoms with Crippen LogP contribution in [0.15, 0.2) is 0 Å². The molecule has 2 heteroatoms. The highest BCUT2D eigenvalue weighted by molar-refractivity contribution is 8.00. The molecule has 0 atom stereocenters. The molecule has 0 radical (unpaired) electrons. The normalized spacial score (nSPS) is 12.0. The molecule has 0 rings (SSSR count). The molecule has 0 fully saturated rings. The molecule has 0 aliphatic heterocycles. The summed E-state index contributed by atoms with van der Waals surface area (Å²) >= 11 is 9.47. The predicted octanol–water partition coefficient (Wildman–Crippen LogP) is 7.04. The van der Waals surface area contributed by atoms with E-state index in [0.717, 1.165) is 0 Å². The van der Waals surface area contributed by atoms with E-state index in [1.54, 1.807) is 0 Å². The van der Waals surface area contributed by atoms with Gasteiger partial charge in [-0.1, -0.05) is 90.9 Å². The molecule has 0 amide bonds. The quantitative estimate of drug-likeness (QED) is 0.192. The summed E-state index contributed by atoms with van der Waals surface area (Å²) in [5.74, 6) is 0. The van der Waals surface area contributed by atoms with Crippen LogP contribution in [0.1, 0.15) is 104 Å². The van der Waals surface area contributed by atoms with Crippen molar-refractivity contribution in [2.75, 3.05) is 0 Å². The third-order valence-electron chi connectivity index (χ3n) is 3.86. The van der Waals surface area contributed by atoms with Crippen molar-refractivity contribution in [3.8, 4) is 0 Å². The molecule has 0 aromatic rings. The summed E-state index contributed by atoms with van der Waals surface area (Å²) in [6.07, 6.45) is 18.7. The van der Waals surface area contributed by atoms with Crippen molar-refractivity contribution in [3.63, 3.8) is 0 Å². The lowest BCUT2D eigenvalue weighted by Gasteiger charge is -2.22. The van der Waals surface area contributed by atoms with Crippen LogP contribution >= 0.6 is 25.3 Å². The van der Waals surface area contributed by atoms with Gasteiger partial charge in [0.1, 0.15) is 0 Å². The number of thiol groups is 2. The second kappa shape index (κ2) is 13.7. The van der Waals surface area contributed by atoms with Crippen LogP contribution in [0.2, 0.25) is 0 Å². The van der Waals surface area contributed by atoms with Gasteiger partial charge in [0.25, 0.3) is 0 Å². The van der Waals surface area contributed by atoms with Crippen LogP contribution in [0.5, 0.6) is 0 Å². The Morgan fingerprint density at radius 2 is 0.842 bits per heavy atom. The van der Waals surface area contributed by atoms with E-state index in [1.165, 1.54) is 89.9 Å². The molecule has 0 aromatic carbocycles. The van der Waals surface area contributed by atoms with Gasteiger partial charge >= 0.3 is 0 Å². The van der Waals surface area contributed by atoms with Gasteiger partial charge in [0, 0.05) is 0 Å². The Bertz CT molecular complexity index is 178. The average molecular weight is 305 g/mol. The first kappa shape index (κ1) is 19.7. The molecule has 116 valence electrons. The molecule has 0 aliphatic carbocycles. The van der Waals surface area contributed by atoms with Gasteiger partial charge in [-0.25, -0.2) is 0 Å². The average Bonchev–Trinajstić information content (AvgIpc) is 2.37. The Balaban J connectivity index is 3.35. The van der Waals surface area contributed by atoms with Gasteiger partial charge < -0.3 is 0 Å². The fraction of sp³-hybridized carbons (Fsp3) is 1.00. The van der Waals surface area contributed by atoms with Crippen molar-refractivity contribution in [1.29, 1.82) is 0 Å². The number of unbranched alkanes of at least 4 members (excludes halogenated alkanes) is 10. The lowest BCUT2D eigenvalue weighted by Crippen LogP contribution is -2.12. The fourth-order valence-corrected chi connectivity index (χ4v) is 3.13. The van der Waals surface area contributed by atoms with E-state index in [4.69, 9.17) is 25.3 Å². The van der Waals surface area contributed by atoms with Gasteiger partial charge in [-0.3, -0.25) is 0 Å². The fourth-order valence-electron chi connectivity index (χ4n) is 2.50. The van der Waals surface area contributed by atoms with E-state index in [2.05, 4.69) is 13.8 Å². The summed E-state index contributed by atoms with van der Waals surface area (Å²) in [6.45, 7) is 4.54. The van der Waals surface area contributed by atoms with Crippen LogP contribution in [0.4, 0.5) is 0 Å². The standard InChI is InChI=1S/C17H36S2/c1-3-5-7-9-10-12-14-16-17(18,19)15-13-11-8-6-4-2/h18-19H,3-16H2,1-2H3. The summed E-state index contributed by atoms with van der Waals surface area (Å²) < 4.78 is -0.0182. The zero-order chi connectivity index (χ0) is 14.4. The minimum absolute atomic E-state index is 0.0182. The number of hydrogen-bond donors (Lipinski definition) is 2. The summed E-state index contributed by atoms with van der Waals surface area (Å²) in [6, 6.07) is 0. The molecular formula is C17H36S2. The van der Waals surface area contributed by atoms with Crippen molar-refractivity contribution in [3.05, 3.63) is 0 Å². The van der Waals surface area contributed by atoms with E-state index in [0.29, 0.717) is 0 Å². The largest absolute Gasteiger partial charge is 0.162 e. The highest BCUT2D eigenvalue weighted by atomic mass is 32.2. The van der Waals surface area contributed by atoms with Gasteiger partial charge in [0.2, 0.25) is 0 Å². The molecule has 0 spiro atoms. The molecule has 0 saturated carbocycles. The van der Waals surface area contributed by atoms with Crippen molar-refractivity contribution in [1.82, 2.24) is 0 Å². The summed E-state index contributed by atoms with van der Waals surface area (Å²) in [5, 5.41) is 0. The van der Waals surface area contributed by atoms with Crippen LogP contribution in [-0.2, 0) is 0 Å². The first-order chi connectivity index (χ1) is 9.12. The topological polar surface area (TPSA) is 0 Å². The third-order valence-corrected chi connectivity index (χ3v) is 4.76. The molecular weight excluding hydrogens is 268 g/mol. The maximum Gasteiger partial charge on any atom is 0.0552 e. The Morgan fingerprint density at radius 1 is 0.526 bits per heavy atom. The Morgan fingerprint density at radius 3 is 1.21 bits per heavy atom. The van der Waals surface area contributed by atoms with Crippen LogP contribution in [-0.4, -0.2) is 4.08 Å². The smallest absolute Gasteiger partial charge is 0.0552 e. The Kier molecular flexibility index (Phi) is 14.2. The molecule has 0 aromatic heterocycles. The van der Waals surface area contributed by atoms with Gasteiger partial charge in [0.05, 0.1) is 4.08 Å². The molecule has 0 bridgehead atoms. The zero-order valence-corrected chi connectivity index (χ0v) is 15.1. The van der Waals surface area contributed by atoms with Crippen LogP contribution in [0.3, 0.4) is 0 Å². The summed E-state index contributed by atoms with van der Waals surface area (Å²) in [5.41, 5.74) is 0. The predicted molar refractivity (Wildman–Crippen MR) is 96.7 cm³/mol. The highest BCUT2D eigenvalue weighted by Gasteiger charge is 2.18. The van der Waals surface area contributed by atoms with Crippen LogP contribution in [0, 0.1) is 0 Å². The lowest BCUT2D eigenvalue weighted by molar-refractivity contribution is 0.528. The maximum absolute atomic E-state index is 4.73. The van der Waals surface area contributed by atoms with Crippen molar-refractivity contribution in [2.24, 2.45) is 0 Å². The van der Waals surface area contributed by atoms with Gasteiger partial charge in [-0.15, -0.1) is 0 Å². The van der Waals surface area contributed by atoms with Gasteiger partial charge in [0.15, 0.2) is 0 Å². The van der Waals surface area contributed by atoms with Crippen molar-refractivity contribution < 1.29 is 0 Å². The van der Waals surface area contributed by atoms with E-state index in [-0.39, 0.29) is 4.08 Å². The van der Waals surface area contributed by atoms with Crippen LogP contribution < -0.4 is 0 Å². The van der Waals surface area contributed by atoms with Gasteiger partial charge in [-0.05, 0) is 12.8 Å². The van der Waals surface area contributed by atoms with Crippen molar-refractivity contribution in [2.45, 2.75) is 108 Å². The van der Waals surface area contributed by atoms with Crippen molar-refractivity contribution >= 4 is 25.3 Å². The Hall–Kier alpha value is 0.700. The maximum atomic E-state index is 4.73. The zero-order valence-electron chi connectivity index (χ0n) is 13.3. The van der Waals surface area contributed by atoms with E-state index in [9.17, 15) is 0 Å². The molecule has 0 unspecified atom stereocenters. The number of rotatable bonds is 14. The molecule has 19 heavy (non-hydrogen) atoms. The highest BCUT2D eigenvalue weighted by Crippen LogP contribution is 2.32. The SMILES string of the molecule is CCCCCCCCCC(S)(S)CCCCCCC. The van der Waals surface area contributed by atoms with E-state index >= 15 is 0 Å². The summed E-state index contributed by atoms with van der Waals surface area (Å²) in [7, 11) is 0. The monoisotopic (exact) mass is 304 g/mol. The Labute approximate surface area is 133 Å². The minimum atomic E-state index is -0.0182. The molecule has 0 heterocycles. The summed E-state index contributed by atoms with van der Waals surface area (Å²) in [4.78, 5) is 0. The number of hydrogen-bond acceptors (Lipinski definition) is 2. The second-order valence-electron chi connectivity index (χ2n) is 6.02. The first-order valence-electron chi connectivity index (χ1n) is 8.57. The van der Waals surface area contributed by atoms with Gasteiger partial charge in [-0.2, -0.15) is 25.3 Å². The lowest BCUT2D eigenvalue weighted by atomic mass is 10.0. The molecule has 0 nitrogen and oxygen atoms in total. The molecule has 0 saturated heterocycles. The minimum Gasteiger partial charge on any atom is -0.162 e. The molecule has 0 N–H and O–H groups in total. The first-order valence-corrected chi connectivity index (χ1v) is 9.46. The van der Waals surface area contributed by atoms with E-state index < -0.39 is 0 Å². The second-order valence-corrected chi connectivity index (χ2v) is 8.08. The van der Waals surface area contributed by atoms with E-state index in [1.807, 2.05) is 0 Å². The third kappa shape index (κ3) is 14.9.